The van der Waals surface area contributed by atoms with Gasteiger partial charge in [-0.05, 0) is 22.9 Å². The van der Waals surface area contributed by atoms with Crippen LogP contribution < -0.4 is 0 Å². The Morgan fingerprint density at radius 1 is 1.70 bits per heavy atom. The van der Waals surface area contributed by atoms with Gasteiger partial charge in [-0.3, -0.25) is 4.68 Å². The van der Waals surface area contributed by atoms with Crippen LogP contribution >= 0.6 is 15.9 Å². The average molecular weight is 199 g/mol. The van der Waals surface area contributed by atoms with Gasteiger partial charge in [-0.2, -0.15) is 5.10 Å². The highest BCUT2D eigenvalue weighted by atomic mass is 79.9. The van der Waals surface area contributed by atoms with Crippen molar-refractivity contribution in [2.75, 3.05) is 0 Å². The third kappa shape index (κ3) is 0.952. The maximum absolute atomic E-state index is 5.23. The number of terminal acetylenes is 1. The molecular weight excluding hydrogens is 192 g/mol. The van der Waals surface area contributed by atoms with Gasteiger partial charge in [0.15, 0.2) is 0 Å². The summed E-state index contributed by atoms with van der Waals surface area (Å²) >= 11 is 3.32. The first-order valence-electron chi connectivity index (χ1n) is 2.82. The molecule has 0 unspecified atom stereocenters. The van der Waals surface area contributed by atoms with Crippen LogP contribution in [0.3, 0.4) is 0 Å². The minimum absolute atomic E-state index is 0.836. The molecule has 10 heavy (non-hydrogen) atoms. The Morgan fingerprint density at radius 3 is 2.50 bits per heavy atom. The Morgan fingerprint density at radius 2 is 2.30 bits per heavy atom. The third-order valence-corrected chi connectivity index (χ3v) is 2.21. The highest BCUT2D eigenvalue weighted by Gasteiger charge is 2.06. The Balaban J connectivity index is 3.37. The van der Waals surface area contributed by atoms with Crippen LogP contribution in [0.1, 0.15) is 11.3 Å². The number of rotatable bonds is 0. The van der Waals surface area contributed by atoms with Crippen molar-refractivity contribution in [1.29, 1.82) is 0 Å². The maximum Gasteiger partial charge on any atom is 0.119 e. The molecule has 0 N–H and O–H groups in total. The van der Waals surface area contributed by atoms with Gasteiger partial charge in [0.25, 0.3) is 0 Å². The SMILES string of the molecule is C#Cc1c(C)nn(C)c1Br. The van der Waals surface area contributed by atoms with Crippen LogP contribution in [0.15, 0.2) is 4.60 Å². The number of hydrogen-bond donors (Lipinski definition) is 0. The Labute approximate surface area is 68.4 Å². The molecule has 0 aliphatic rings. The van der Waals surface area contributed by atoms with Crippen molar-refractivity contribution in [3.63, 3.8) is 0 Å². The molecule has 0 atom stereocenters. The number of halogens is 1. The average Bonchev–Trinajstić information content (AvgIpc) is 2.09. The van der Waals surface area contributed by atoms with Crippen LogP contribution in [-0.2, 0) is 7.05 Å². The van der Waals surface area contributed by atoms with Crippen LogP contribution in [0.5, 0.6) is 0 Å². The molecule has 0 radical (unpaired) electrons. The van der Waals surface area contributed by atoms with Gasteiger partial charge in [-0.1, -0.05) is 5.92 Å². The van der Waals surface area contributed by atoms with Gasteiger partial charge in [0.1, 0.15) is 4.60 Å². The predicted octanol–water partition coefficient (Wildman–Crippen LogP) is 1.47. The summed E-state index contributed by atoms with van der Waals surface area (Å²) in [7, 11) is 1.85. The van der Waals surface area contributed by atoms with Crippen LogP contribution in [0.4, 0.5) is 0 Å². The van der Waals surface area contributed by atoms with E-state index in [-0.39, 0.29) is 0 Å². The van der Waals surface area contributed by atoms with E-state index in [0.717, 1.165) is 15.9 Å². The van der Waals surface area contributed by atoms with Crippen LogP contribution in [-0.4, -0.2) is 9.78 Å². The van der Waals surface area contributed by atoms with Gasteiger partial charge >= 0.3 is 0 Å². The fourth-order valence-corrected chi connectivity index (χ4v) is 1.27. The fraction of sp³-hybridized carbons (Fsp3) is 0.286. The summed E-state index contributed by atoms with van der Waals surface area (Å²) in [5, 5.41) is 4.11. The monoisotopic (exact) mass is 198 g/mol. The highest BCUT2D eigenvalue weighted by molar-refractivity contribution is 9.10. The third-order valence-electron chi connectivity index (χ3n) is 1.30. The van der Waals surface area contributed by atoms with Crippen molar-refractivity contribution in [3.8, 4) is 12.3 Å². The first-order chi connectivity index (χ1) is 4.66. The van der Waals surface area contributed by atoms with Crippen LogP contribution in [0.2, 0.25) is 0 Å². The summed E-state index contributed by atoms with van der Waals surface area (Å²) in [6, 6.07) is 0. The molecule has 0 spiro atoms. The first kappa shape index (κ1) is 7.36. The van der Waals surface area contributed by atoms with E-state index in [2.05, 4.69) is 26.9 Å². The summed E-state index contributed by atoms with van der Waals surface area (Å²) in [6.45, 7) is 1.89. The minimum Gasteiger partial charge on any atom is -0.260 e. The molecule has 0 aliphatic heterocycles. The van der Waals surface area contributed by atoms with Crippen molar-refractivity contribution in [3.05, 3.63) is 15.9 Å². The second kappa shape index (κ2) is 2.47. The van der Waals surface area contributed by atoms with E-state index in [1.165, 1.54) is 0 Å². The molecule has 2 nitrogen and oxygen atoms in total. The number of aromatic nitrogens is 2. The standard InChI is InChI=1S/C7H7BrN2/c1-4-6-5(2)9-10(3)7(6)8/h1H,2-3H3. The molecule has 0 bridgehead atoms. The lowest BCUT2D eigenvalue weighted by molar-refractivity contribution is 0.740. The molecule has 0 saturated carbocycles. The molecule has 3 heteroatoms. The summed E-state index contributed by atoms with van der Waals surface area (Å²) in [5.74, 6) is 2.55. The van der Waals surface area contributed by atoms with Gasteiger partial charge in [0.05, 0.1) is 11.3 Å². The molecule has 1 heterocycles. The van der Waals surface area contributed by atoms with E-state index in [4.69, 9.17) is 6.42 Å². The van der Waals surface area contributed by atoms with E-state index in [1.807, 2.05) is 14.0 Å². The molecule has 1 aromatic heterocycles. The molecular formula is C7H7BrN2. The first-order valence-corrected chi connectivity index (χ1v) is 3.62. The summed E-state index contributed by atoms with van der Waals surface area (Å²) < 4.78 is 2.58. The molecule has 0 aliphatic carbocycles. The second-order valence-electron chi connectivity index (χ2n) is 2.02. The molecule has 1 rings (SSSR count). The zero-order valence-electron chi connectivity index (χ0n) is 5.85. The van der Waals surface area contributed by atoms with Gasteiger partial charge in [0.2, 0.25) is 0 Å². The zero-order valence-corrected chi connectivity index (χ0v) is 7.44. The lowest BCUT2D eigenvalue weighted by Crippen LogP contribution is -1.89. The topological polar surface area (TPSA) is 17.8 Å². The quantitative estimate of drug-likeness (QED) is 0.578. The van der Waals surface area contributed by atoms with Crippen molar-refractivity contribution in [1.82, 2.24) is 9.78 Å². The zero-order chi connectivity index (χ0) is 7.72. The molecule has 0 amide bonds. The Kier molecular flexibility index (Phi) is 1.82. The van der Waals surface area contributed by atoms with Crippen molar-refractivity contribution in [2.24, 2.45) is 7.05 Å². The van der Waals surface area contributed by atoms with Crippen LogP contribution in [0.25, 0.3) is 0 Å². The Hall–Kier alpha value is -0.750. The summed E-state index contributed by atoms with van der Waals surface area (Å²) in [6.07, 6.45) is 5.23. The van der Waals surface area contributed by atoms with Gasteiger partial charge in [-0.25, -0.2) is 0 Å². The van der Waals surface area contributed by atoms with Gasteiger partial charge in [-0.15, -0.1) is 6.42 Å². The van der Waals surface area contributed by atoms with Crippen molar-refractivity contribution < 1.29 is 0 Å². The maximum atomic E-state index is 5.23. The van der Waals surface area contributed by atoms with E-state index < -0.39 is 0 Å². The number of aryl methyl sites for hydroxylation is 2. The van der Waals surface area contributed by atoms with E-state index >= 15 is 0 Å². The summed E-state index contributed by atoms with van der Waals surface area (Å²) in [5.41, 5.74) is 1.72. The van der Waals surface area contributed by atoms with Gasteiger partial charge in [0, 0.05) is 7.05 Å². The minimum atomic E-state index is 0.836. The molecule has 52 valence electrons. The molecule has 1 aromatic rings. The lowest BCUT2D eigenvalue weighted by Gasteiger charge is -1.88. The van der Waals surface area contributed by atoms with Gasteiger partial charge < -0.3 is 0 Å². The Bertz CT molecular complexity index is 293. The molecule has 0 saturated heterocycles. The van der Waals surface area contributed by atoms with E-state index in [9.17, 15) is 0 Å². The van der Waals surface area contributed by atoms with Crippen LogP contribution in [0, 0.1) is 19.3 Å². The van der Waals surface area contributed by atoms with Crippen molar-refractivity contribution in [2.45, 2.75) is 6.92 Å². The van der Waals surface area contributed by atoms with E-state index in [1.54, 1.807) is 4.68 Å². The predicted molar refractivity (Wildman–Crippen MR) is 43.6 cm³/mol. The summed E-state index contributed by atoms with van der Waals surface area (Å²) in [4.78, 5) is 0. The smallest absolute Gasteiger partial charge is 0.119 e. The fourth-order valence-electron chi connectivity index (χ4n) is 0.794. The van der Waals surface area contributed by atoms with Crippen molar-refractivity contribution >= 4 is 15.9 Å². The molecule has 0 aromatic carbocycles. The number of hydrogen-bond acceptors (Lipinski definition) is 1. The second-order valence-corrected chi connectivity index (χ2v) is 2.77. The lowest BCUT2D eigenvalue weighted by atomic mass is 10.3. The van der Waals surface area contributed by atoms with E-state index in [0.29, 0.717) is 0 Å². The molecule has 0 fully saturated rings. The normalized spacial score (nSPS) is 9.40. The largest absolute Gasteiger partial charge is 0.260 e. The highest BCUT2D eigenvalue weighted by Crippen LogP contribution is 2.17. The number of nitrogens with zero attached hydrogens (tertiary/aromatic N) is 2.